The monoisotopic (exact) mass is 277 g/mol. The molecule has 0 aliphatic heterocycles. The molecule has 0 aliphatic rings. The summed E-state index contributed by atoms with van der Waals surface area (Å²) in [4.78, 5) is 35.2. The van der Waals surface area contributed by atoms with Crippen molar-refractivity contribution in [1.29, 1.82) is 0 Å². The molecule has 0 fully saturated rings. The number of carboxylic acids is 1. The average molecular weight is 278 g/mol. The summed E-state index contributed by atoms with van der Waals surface area (Å²) in [7, 11) is 1.48. The van der Waals surface area contributed by atoms with Crippen LogP contribution in [-0.2, 0) is 11.8 Å². The van der Waals surface area contributed by atoms with Gasteiger partial charge in [-0.25, -0.2) is 4.79 Å². The summed E-state index contributed by atoms with van der Waals surface area (Å²) in [6.07, 6.45) is 0. The Kier molecular flexibility index (Phi) is 5.64. The molecule has 1 unspecified atom stereocenters. The third kappa shape index (κ3) is 3.13. The maximum atomic E-state index is 12.0. The molecule has 1 amide bonds. The summed E-state index contributed by atoms with van der Waals surface area (Å²) in [5.74, 6) is -1.58. The molecule has 0 bridgehead atoms. The first kappa shape index (κ1) is 16.2. The van der Waals surface area contributed by atoms with Crippen LogP contribution in [0.25, 0.3) is 0 Å². The molecule has 0 saturated heterocycles. The first-order chi connectivity index (χ1) is 7.88. The number of halogens is 1. The van der Waals surface area contributed by atoms with E-state index < -0.39 is 17.9 Å². The average Bonchev–Trinajstić information content (AvgIpc) is 2.59. The molecule has 7 nitrogen and oxygen atoms in total. The highest BCUT2D eigenvalue weighted by Crippen LogP contribution is 2.05. The molecule has 0 spiro atoms. The zero-order valence-corrected chi connectivity index (χ0v) is 11.2. The minimum absolute atomic E-state index is 0. The number of carboxylic acid groups (broad SMARTS) is 1. The number of aryl methyl sites for hydroxylation is 1. The van der Waals surface area contributed by atoms with Gasteiger partial charge in [-0.15, -0.1) is 12.4 Å². The smallest absolute Gasteiger partial charge is 0.326 e. The number of aliphatic carboxylic acids is 1. The van der Waals surface area contributed by atoms with E-state index in [1.807, 2.05) is 0 Å². The van der Waals surface area contributed by atoms with Gasteiger partial charge >= 0.3 is 5.97 Å². The van der Waals surface area contributed by atoms with Crippen molar-refractivity contribution in [3.63, 3.8) is 0 Å². The lowest BCUT2D eigenvalue weighted by Crippen LogP contribution is -2.43. The number of H-pyrrole nitrogens is 1. The Labute approximate surface area is 110 Å². The molecule has 1 aromatic rings. The van der Waals surface area contributed by atoms with Crippen LogP contribution in [0.4, 0.5) is 0 Å². The van der Waals surface area contributed by atoms with Gasteiger partial charge in [0.25, 0.3) is 11.5 Å². The molecule has 18 heavy (non-hydrogen) atoms. The summed E-state index contributed by atoms with van der Waals surface area (Å²) < 4.78 is 1.16. The standard InChI is InChI=1S/C10H15N3O4.ClH/c1-4-13(6(2)10(16)17)9(15)7-5-8(14)12(3)11-7;/h5-6,11H,4H2,1-3H3,(H,16,17);1H. The minimum Gasteiger partial charge on any atom is -0.480 e. The Bertz CT molecular complexity index is 494. The number of carbonyl (C=O) groups is 2. The van der Waals surface area contributed by atoms with Gasteiger partial charge in [0.05, 0.1) is 0 Å². The molecule has 0 radical (unpaired) electrons. The van der Waals surface area contributed by atoms with Gasteiger partial charge in [-0.05, 0) is 13.8 Å². The van der Waals surface area contributed by atoms with Crippen molar-refractivity contribution >= 4 is 24.3 Å². The lowest BCUT2D eigenvalue weighted by Gasteiger charge is -2.24. The van der Waals surface area contributed by atoms with Crippen molar-refractivity contribution in [3.05, 3.63) is 22.1 Å². The highest BCUT2D eigenvalue weighted by molar-refractivity contribution is 5.94. The zero-order valence-electron chi connectivity index (χ0n) is 10.3. The zero-order chi connectivity index (χ0) is 13.2. The van der Waals surface area contributed by atoms with Crippen LogP contribution in [0.1, 0.15) is 24.3 Å². The van der Waals surface area contributed by atoms with Crippen LogP contribution < -0.4 is 5.56 Å². The lowest BCUT2D eigenvalue weighted by molar-refractivity contribution is -0.141. The van der Waals surface area contributed by atoms with Gasteiger partial charge in [-0.3, -0.25) is 19.4 Å². The summed E-state index contributed by atoms with van der Waals surface area (Å²) >= 11 is 0. The molecular formula is C10H16ClN3O4. The van der Waals surface area contributed by atoms with Crippen LogP contribution in [0.5, 0.6) is 0 Å². The molecule has 1 aromatic heterocycles. The number of hydrogen-bond acceptors (Lipinski definition) is 3. The SMILES string of the molecule is CCN(C(=O)c1cc(=O)n(C)[nH]1)C(C)C(=O)O.Cl. The second-order valence-electron chi connectivity index (χ2n) is 3.67. The van der Waals surface area contributed by atoms with E-state index in [0.717, 1.165) is 10.7 Å². The number of nitrogens with zero attached hydrogens (tertiary/aromatic N) is 2. The van der Waals surface area contributed by atoms with Crippen LogP contribution in [-0.4, -0.2) is 44.3 Å². The van der Waals surface area contributed by atoms with Crippen LogP contribution in [0.3, 0.4) is 0 Å². The van der Waals surface area contributed by atoms with Crippen molar-refractivity contribution in [2.45, 2.75) is 19.9 Å². The van der Waals surface area contributed by atoms with Crippen molar-refractivity contribution in [1.82, 2.24) is 14.7 Å². The van der Waals surface area contributed by atoms with E-state index in [0.29, 0.717) is 0 Å². The van der Waals surface area contributed by atoms with Crippen LogP contribution >= 0.6 is 12.4 Å². The molecule has 1 heterocycles. The molecule has 2 N–H and O–H groups in total. The number of rotatable bonds is 4. The maximum Gasteiger partial charge on any atom is 0.326 e. The van der Waals surface area contributed by atoms with Crippen molar-refractivity contribution < 1.29 is 14.7 Å². The van der Waals surface area contributed by atoms with E-state index in [4.69, 9.17) is 5.11 Å². The number of aromatic amines is 1. The van der Waals surface area contributed by atoms with E-state index in [1.54, 1.807) is 6.92 Å². The summed E-state index contributed by atoms with van der Waals surface area (Å²) in [6, 6.07) is 0.218. The lowest BCUT2D eigenvalue weighted by atomic mass is 10.2. The second kappa shape index (κ2) is 6.25. The molecule has 102 valence electrons. The van der Waals surface area contributed by atoms with Gasteiger partial charge < -0.3 is 10.0 Å². The quantitative estimate of drug-likeness (QED) is 0.814. The Morgan fingerprint density at radius 2 is 2.11 bits per heavy atom. The van der Waals surface area contributed by atoms with Gasteiger partial charge in [-0.1, -0.05) is 0 Å². The Hall–Kier alpha value is -1.76. The van der Waals surface area contributed by atoms with E-state index in [-0.39, 0.29) is 30.2 Å². The maximum absolute atomic E-state index is 12.0. The Morgan fingerprint density at radius 3 is 2.44 bits per heavy atom. The second-order valence-corrected chi connectivity index (χ2v) is 3.67. The summed E-state index contributed by atoms with van der Waals surface area (Å²) in [5.41, 5.74) is -0.250. The number of nitrogens with one attached hydrogen (secondary N) is 1. The number of aromatic nitrogens is 2. The van der Waals surface area contributed by atoms with Crippen molar-refractivity contribution in [3.8, 4) is 0 Å². The normalized spacial score (nSPS) is 11.5. The van der Waals surface area contributed by atoms with Crippen LogP contribution in [0.2, 0.25) is 0 Å². The fourth-order valence-electron chi connectivity index (χ4n) is 1.48. The van der Waals surface area contributed by atoms with Gasteiger partial charge in [0.2, 0.25) is 0 Å². The largest absolute Gasteiger partial charge is 0.480 e. The first-order valence-electron chi connectivity index (χ1n) is 5.18. The predicted molar refractivity (Wildman–Crippen MR) is 67.1 cm³/mol. The van der Waals surface area contributed by atoms with Crippen LogP contribution in [0.15, 0.2) is 10.9 Å². The highest BCUT2D eigenvalue weighted by Gasteiger charge is 2.26. The fraction of sp³-hybridized carbons (Fsp3) is 0.500. The summed E-state index contributed by atoms with van der Waals surface area (Å²) in [5, 5.41) is 11.4. The van der Waals surface area contributed by atoms with Gasteiger partial charge in [0.1, 0.15) is 11.7 Å². The first-order valence-corrected chi connectivity index (χ1v) is 5.18. The molecule has 0 saturated carbocycles. The molecule has 1 rings (SSSR count). The van der Waals surface area contributed by atoms with Crippen LogP contribution in [0, 0.1) is 0 Å². The topological polar surface area (TPSA) is 95.4 Å². The third-order valence-corrected chi connectivity index (χ3v) is 2.54. The van der Waals surface area contributed by atoms with E-state index in [2.05, 4.69) is 5.10 Å². The third-order valence-electron chi connectivity index (χ3n) is 2.54. The van der Waals surface area contributed by atoms with E-state index in [9.17, 15) is 14.4 Å². The number of likely N-dealkylation sites (N-methyl/N-ethyl adjacent to an activating group) is 1. The minimum atomic E-state index is -1.08. The van der Waals surface area contributed by atoms with Crippen molar-refractivity contribution in [2.75, 3.05) is 6.54 Å². The highest BCUT2D eigenvalue weighted by atomic mass is 35.5. The number of amides is 1. The summed E-state index contributed by atoms with van der Waals surface area (Å²) in [6.45, 7) is 3.35. The number of hydrogen-bond donors (Lipinski definition) is 2. The fourth-order valence-corrected chi connectivity index (χ4v) is 1.48. The van der Waals surface area contributed by atoms with E-state index >= 15 is 0 Å². The number of carbonyl (C=O) groups excluding carboxylic acids is 1. The Balaban J connectivity index is 0.00000289. The van der Waals surface area contributed by atoms with Gasteiger partial charge in [0, 0.05) is 19.7 Å². The van der Waals surface area contributed by atoms with E-state index in [1.165, 1.54) is 18.9 Å². The molecule has 0 aromatic carbocycles. The molecule has 0 aliphatic carbocycles. The van der Waals surface area contributed by atoms with Gasteiger partial charge in [0.15, 0.2) is 0 Å². The molecule has 8 heteroatoms. The molecule has 1 atom stereocenters. The van der Waals surface area contributed by atoms with Crippen molar-refractivity contribution in [2.24, 2.45) is 7.05 Å². The predicted octanol–water partition coefficient (Wildman–Crippen LogP) is 0.0704. The molecular weight excluding hydrogens is 262 g/mol. The Morgan fingerprint density at radius 1 is 1.56 bits per heavy atom. The van der Waals surface area contributed by atoms with Gasteiger partial charge in [-0.2, -0.15) is 0 Å².